The van der Waals surface area contributed by atoms with Gasteiger partial charge in [-0.25, -0.2) is 0 Å². The first kappa shape index (κ1) is 21.3. The lowest BCUT2D eigenvalue weighted by atomic mass is 10.2. The van der Waals surface area contributed by atoms with E-state index in [-0.39, 0.29) is 23.7 Å². The number of carbonyl (C=O) groups excluding carboxylic acids is 1. The van der Waals surface area contributed by atoms with Crippen LogP contribution in [-0.2, 0) is 4.79 Å². The summed E-state index contributed by atoms with van der Waals surface area (Å²) >= 11 is 5.91. The molecule has 0 spiro atoms. The number of halogens is 1. The number of nitrogens with one attached hydrogen (secondary N) is 1. The van der Waals surface area contributed by atoms with E-state index in [1.807, 2.05) is 0 Å². The first-order valence-electron chi connectivity index (χ1n) is 9.57. The Hall–Kier alpha value is -3.97. The maximum atomic E-state index is 12.7. The summed E-state index contributed by atoms with van der Waals surface area (Å²) in [6.45, 7) is -0.221. The van der Waals surface area contributed by atoms with Crippen LogP contribution in [0, 0.1) is 0 Å². The number of benzene rings is 3. The van der Waals surface area contributed by atoms with Crippen LogP contribution in [-0.4, -0.2) is 19.6 Å². The highest BCUT2D eigenvalue weighted by molar-refractivity contribution is 6.30. The van der Waals surface area contributed by atoms with Gasteiger partial charge in [-0.1, -0.05) is 17.7 Å². The molecule has 0 saturated heterocycles. The van der Waals surface area contributed by atoms with Crippen LogP contribution in [0.1, 0.15) is 0 Å². The highest BCUT2D eigenvalue weighted by Crippen LogP contribution is 2.25. The lowest BCUT2D eigenvalue weighted by Crippen LogP contribution is -2.20. The van der Waals surface area contributed by atoms with E-state index in [1.165, 1.54) is 6.26 Å². The Balaban J connectivity index is 1.44. The van der Waals surface area contributed by atoms with Crippen LogP contribution in [0.15, 0.2) is 82.2 Å². The molecule has 4 aromatic rings. The van der Waals surface area contributed by atoms with E-state index in [9.17, 15) is 9.59 Å². The van der Waals surface area contributed by atoms with Gasteiger partial charge in [0.05, 0.1) is 12.5 Å². The van der Waals surface area contributed by atoms with Gasteiger partial charge < -0.3 is 23.9 Å². The van der Waals surface area contributed by atoms with E-state index in [2.05, 4.69) is 5.32 Å². The molecular weight excluding hydrogens is 434 g/mol. The van der Waals surface area contributed by atoms with Crippen LogP contribution in [0.2, 0.25) is 5.02 Å². The summed E-state index contributed by atoms with van der Waals surface area (Å²) in [6.07, 6.45) is 1.24. The molecule has 1 aromatic heterocycles. The van der Waals surface area contributed by atoms with E-state index in [0.717, 1.165) is 0 Å². The Morgan fingerprint density at radius 3 is 2.50 bits per heavy atom. The zero-order valence-corrected chi connectivity index (χ0v) is 17.7. The molecule has 0 atom stereocenters. The van der Waals surface area contributed by atoms with Crippen molar-refractivity contribution in [1.82, 2.24) is 0 Å². The third-order valence-electron chi connectivity index (χ3n) is 4.48. The Morgan fingerprint density at radius 2 is 1.75 bits per heavy atom. The molecule has 0 bridgehead atoms. The minimum absolute atomic E-state index is 0.0530. The van der Waals surface area contributed by atoms with Crippen molar-refractivity contribution in [1.29, 1.82) is 0 Å². The summed E-state index contributed by atoms with van der Waals surface area (Å²) in [5.41, 5.74) is 0.553. The van der Waals surface area contributed by atoms with Gasteiger partial charge in [0, 0.05) is 16.8 Å². The van der Waals surface area contributed by atoms with Gasteiger partial charge in [0.2, 0.25) is 11.2 Å². The lowest BCUT2D eigenvalue weighted by molar-refractivity contribution is -0.118. The van der Waals surface area contributed by atoms with Crippen molar-refractivity contribution in [2.24, 2.45) is 0 Å². The van der Waals surface area contributed by atoms with Crippen molar-refractivity contribution < 1.29 is 23.4 Å². The van der Waals surface area contributed by atoms with Crippen molar-refractivity contribution >= 4 is 34.2 Å². The highest BCUT2D eigenvalue weighted by atomic mass is 35.5. The van der Waals surface area contributed by atoms with Crippen molar-refractivity contribution in [2.75, 3.05) is 19.0 Å². The van der Waals surface area contributed by atoms with Gasteiger partial charge in [-0.05, 0) is 54.6 Å². The third kappa shape index (κ3) is 5.01. The van der Waals surface area contributed by atoms with Crippen LogP contribution < -0.4 is 25.0 Å². The molecule has 1 heterocycles. The number of hydrogen-bond acceptors (Lipinski definition) is 6. The molecule has 4 rings (SSSR count). The Bertz CT molecular complexity index is 1320. The Morgan fingerprint density at radius 1 is 1.00 bits per heavy atom. The molecule has 0 fully saturated rings. The number of ether oxygens (including phenoxy) is 3. The van der Waals surface area contributed by atoms with Crippen molar-refractivity contribution in [3.8, 4) is 23.0 Å². The SMILES string of the molecule is COc1ccc(Oc2coc3cc(OCC(=O)Nc4cccc(Cl)c4)ccc3c2=O)cc1. The summed E-state index contributed by atoms with van der Waals surface area (Å²) in [7, 11) is 1.57. The van der Waals surface area contributed by atoms with Gasteiger partial charge >= 0.3 is 0 Å². The Kier molecular flexibility index (Phi) is 6.28. The number of amides is 1. The zero-order chi connectivity index (χ0) is 22.5. The second kappa shape index (κ2) is 9.45. The molecule has 1 amide bonds. The number of fused-ring (bicyclic) bond motifs is 1. The molecular formula is C24H18ClNO6. The standard InChI is InChI=1S/C24H18ClNO6/c1-29-17-5-7-18(8-6-17)32-22-13-31-21-12-19(9-10-20(21)24(22)28)30-14-23(27)26-16-4-2-3-15(25)11-16/h2-13H,14H2,1H3,(H,26,27). The smallest absolute Gasteiger partial charge is 0.262 e. The second-order valence-corrected chi connectivity index (χ2v) is 7.15. The van der Waals surface area contributed by atoms with Gasteiger partial charge in [-0.2, -0.15) is 0 Å². The number of hydrogen-bond donors (Lipinski definition) is 1. The summed E-state index contributed by atoms with van der Waals surface area (Å²) < 4.78 is 21.8. The van der Waals surface area contributed by atoms with Crippen molar-refractivity contribution in [3.05, 3.63) is 88.2 Å². The normalized spacial score (nSPS) is 10.6. The minimum atomic E-state index is -0.350. The molecule has 0 unspecified atom stereocenters. The molecule has 0 radical (unpaired) electrons. The van der Waals surface area contributed by atoms with Crippen LogP contribution in [0.25, 0.3) is 11.0 Å². The number of anilines is 1. The fourth-order valence-corrected chi connectivity index (χ4v) is 3.12. The fraction of sp³-hybridized carbons (Fsp3) is 0.0833. The zero-order valence-electron chi connectivity index (χ0n) is 17.0. The highest BCUT2D eigenvalue weighted by Gasteiger charge is 2.11. The molecule has 162 valence electrons. The van der Waals surface area contributed by atoms with Crippen LogP contribution in [0.4, 0.5) is 5.69 Å². The predicted molar refractivity (Wildman–Crippen MR) is 121 cm³/mol. The average Bonchev–Trinajstić information content (AvgIpc) is 2.80. The van der Waals surface area contributed by atoms with E-state index >= 15 is 0 Å². The summed E-state index contributed by atoms with van der Waals surface area (Å²) in [6, 6.07) is 18.3. The van der Waals surface area contributed by atoms with E-state index in [0.29, 0.717) is 38.9 Å². The van der Waals surface area contributed by atoms with Crippen LogP contribution >= 0.6 is 11.6 Å². The van der Waals surface area contributed by atoms with Gasteiger partial charge in [-0.3, -0.25) is 9.59 Å². The molecule has 3 aromatic carbocycles. The minimum Gasteiger partial charge on any atom is -0.497 e. The van der Waals surface area contributed by atoms with Gasteiger partial charge in [0.25, 0.3) is 5.91 Å². The quantitative estimate of drug-likeness (QED) is 0.412. The largest absolute Gasteiger partial charge is 0.497 e. The first-order valence-corrected chi connectivity index (χ1v) is 9.95. The molecule has 0 aliphatic carbocycles. The summed E-state index contributed by atoms with van der Waals surface area (Å²) in [5, 5.41) is 3.53. The maximum absolute atomic E-state index is 12.7. The monoisotopic (exact) mass is 451 g/mol. The molecule has 32 heavy (non-hydrogen) atoms. The van der Waals surface area contributed by atoms with Gasteiger partial charge in [0.1, 0.15) is 29.1 Å². The van der Waals surface area contributed by atoms with E-state index < -0.39 is 0 Å². The molecule has 7 nitrogen and oxygen atoms in total. The van der Waals surface area contributed by atoms with Crippen LogP contribution in [0.5, 0.6) is 23.0 Å². The predicted octanol–water partition coefficient (Wildman–Crippen LogP) is 5.26. The average molecular weight is 452 g/mol. The lowest BCUT2D eigenvalue weighted by Gasteiger charge is -2.09. The molecule has 0 aliphatic rings. The number of methoxy groups -OCH3 is 1. The fourth-order valence-electron chi connectivity index (χ4n) is 2.93. The van der Waals surface area contributed by atoms with Crippen LogP contribution in [0.3, 0.4) is 0 Å². The topological polar surface area (TPSA) is 87.0 Å². The molecule has 8 heteroatoms. The molecule has 1 N–H and O–H groups in total. The maximum Gasteiger partial charge on any atom is 0.262 e. The van der Waals surface area contributed by atoms with E-state index in [4.69, 9.17) is 30.2 Å². The number of rotatable bonds is 7. The summed E-state index contributed by atoms with van der Waals surface area (Å²) in [5.74, 6) is 1.24. The van der Waals surface area contributed by atoms with Gasteiger partial charge in [-0.15, -0.1) is 0 Å². The van der Waals surface area contributed by atoms with E-state index in [1.54, 1.807) is 73.8 Å². The van der Waals surface area contributed by atoms with Gasteiger partial charge in [0.15, 0.2) is 6.61 Å². The Labute approximate surface area is 188 Å². The summed E-state index contributed by atoms with van der Waals surface area (Å²) in [4.78, 5) is 24.8. The third-order valence-corrected chi connectivity index (χ3v) is 4.72. The number of carbonyl (C=O) groups is 1. The molecule has 0 aliphatic heterocycles. The first-order chi connectivity index (χ1) is 15.5. The van der Waals surface area contributed by atoms with Crippen molar-refractivity contribution in [3.63, 3.8) is 0 Å². The van der Waals surface area contributed by atoms with Crippen molar-refractivity contribution in [2.45, 2.75) is 0 Å². The second-order valence-electron chi connectivity index (χ2n) is 6.71. The molecule has 0 saturated carbocycles.